The number of carbonyl (C=O) groups excluding carboxylic acids is 1. The van der Waals surface area contributed by atoms with Crippen molar-refractivity contribution in [1.82, 2.24) is 4.57 Å². The van der Waals surface area contributed by atoms with Gasteiger partial charge in [0.1, 0.15) is 18.1 Å². The molecule has 200 valence electrons. The Kier molecular flexibility index (Phi) is 7.97. The molecule has 2 heterocycles. The predicted molar refractivity (Wildman–Crippen MR) is 146 cm³/mol. The van der Waals surface area contributed by atoms with E-state index in [1.807, 2.05) is 0 Å². The number of allylic oxidation sites excluding steroid dienone is 1. The van der Waals surface area contributed by atoms with Crippen molar-refractivity contribution >= 4 is 29.1 Å². The molecule has 0 saturated carbocycles. The minimum absolute atomic E-state index is 0.0305. The summed E-state index contributed by atoms with van der Waals surface area (Å²) in [5.41, 5.74) is 1.32. The molecular weight excluding hydrogens is 522 g/mol. The Hall–Kier alpha value is -4.69. The quantitative estimate of drug-likeness (QED) is 0.184. The van der Waals surface area contributed by atoms with Crippen molar-refractivity contribution in [3.8, 4) is 23.8 Å². The summed E-state index contributed by atoms with van der Waals surface area (Å²) >= 11 is 1.12. The van der Waals surface area contributed by atoms with Crippen LogP contribution < -0.4 is 24.4 Å². The molecule has 39 heavy (non-hydrogen) atoms. The van der Waals surface area contributed by atoms with Crippen LogP contribution >= 0.6 is 11.3 Å². The van der Waals surface area contributed by atoms with Gasteiger partial charge < -0.3 is 14.2 Å². The first-order valence-electron chi connectivity index (χ1n) is 11.9. The number of terminal acetylenes is 1. The van der Waals surface area contributed by atoms with Crippen molar-refractivity contribution in [1.29, 1.82) is 0 Å². The normalized spacial score (nSPS) is 14.7. The van der Waals surface area contributed by atoms with Crippen LogP contribution in [0.3, 0.4) is 0 Å². The van der Waals surface area contributed by atoms with Crippen molar-refractivity contribution < 1.29 is 23.9 Å². The summed E-state index contributed by atoms with van der Waals surface area (Å²) in [6.45, 7) is 5.07. The van der Waals surface area contributed by atoms with Crippen molar-refractivity contribution in [3.05, 3.63) is 94.2 Å². The second-order valence-electron chi connectivity index (χ2n) is 8.50. The molecule has 0 fully saturated rings. The SMILES string of the molecule is C#CCOc1ccc(OC)cc1C=c1sc2n(c1=O)C(c1ccc(C)c([N+](=O)[O-])c1)C(C(=O)OCC)=C(C)N=2. The molecule has 0 amide bonds. The second-order valence-corrected chi connectivity index (χ2v) is 9.51. The number of benzene rings is 2. The average Bonchev–Trinajstić information content (AvgIpc) is 3.21. The molecule has 1 aliphatic heterocycles. The average molecular weight is 548 g/mol. The number of methoxy groups -OCH3 is 1. The van der Waals surface area contributed by atoms with E-state index in [4.69, 9.17) is 20.6 Å². The lowest BCUT2D eigenvalue weighted by atomic mass is 9.94. The lowest BCUT2D eigenvalue weighted by Crippen LogP contribution is -2.40. The molecule has 1 aliphatic rings. The molecule has 0 radical (unpaired) electrons. The topological polar surface area (TPSA) is 122 Å². The van der Waals surface area contributed by atoms with Gasteiger partial charge in [-0.2, -0.15) is 0 Å². The Morgan fingerprint density at radius 2 is 2.05 bits per heavy atom. The molecule has 2 aromatic carbocycles. The molecule has 3 aromatic rings. The van der Waals surface area contributed by atoms with Gasteiger partial charge in [-0.25, -0.2) is 9.79 Å². The summed E-state index contributed by atoms with van der Waals surface area (Å²) in [6, 6.07) is 8.76. The van der Waals surface area contributed by atoms with E-state index in [9.17, 15) is 19.7 Å². The Balaban J connectivity index is 1.99. The predicted octanol–water partition coefficient (Wildman–Crippen LogP) is 3.04. The molecule has 1 atom stereocenters. The van der Waals surface area contributed by atoms with Crippen LogP contribution in [0, 0.1) is 29.4 Å². The fourth-order valence-electron chi connectivity index (χ4n) is 4.26. The summed E-state index contributed by atoms with van der Waals surface area (Å²) in [7, 11) is 1.52. The monoisotopic (exact) mass is 547 g/mol. The van der Waals surface area contributed by atoms with Crippen LogP contribution in [0.25, 0.3) is 6.08 Å². The van der Waals surface area contributed by atoms with Gasteiger partial charge in [0.15, 0.2) is 4.80 Å². The number of thiazole rings is 1. The van der Waals surface area contributed by atoms with Crippen LogP contribution in [0.4, 0.5) is 5.69 Å². The Bertz CT molecular complexity index is 1730. The highest BCUT2D eigenvalue weighted by atomic mass is 32.1. The summed E-state index contributed by atoms with van der Waals surface area (Å²) in [4.78, 5) is 43.0. The molecule has 11 heteroatoms. The molecular formula is C28H25N3O7S. The molecule has 0 N–H and O–H groups in total. The first-order valence-corrected chi connectivity index (χ1v) is 12.7. The van der Waals surface area contributed by atoms with Crippen molar-refractivity contribution in [3.63, 3.8) is 0 Å². The Morgan fingerprint density at radius 1 is 1.28 bits per heavy atom. The number of carbonyl (C=O) groups is 1. The van der Waals surface area contributed by atoms with E-state index < -0.39 is 22.5 Å². The zero-order chi connectivity index (χ0) is 28.3. The number of nitro benzene ring substituents is 1. The van der Waals surface area contributed by atoms with Gasteiger partial charge in [0, 0.05) is 17.2 Å². The van der Waals surface area contributed by atoms with Gasteiger partial charge in [-0.1, -0.05) is 29.4 Å². The van der Waals surface area contributed by atoms with Crippen LogP contribution in [-0.4, -0.2) is 35.8 Å². The summed E-state index contributed by atoms with van der Waals surface area (Å²) in [5.74, 6) is 2.76. The molecule has 1 unspecified atom stereocenters. The largest absolute Gasteiger partial charge is 0.497 e. The first-order chi connectivity index (χ1) is 18.7. The summed E-state index contributed by atoms with van der Waals surface area (Å²) in [6.07, 6.45) is 6.98. The lowest BCUT2D eigenvalue weighted by Gasteiger charge is -2.24. The number of hydrogen-bond acceptors (Lipinski definition) is 9. The number of hydrogen-bond donors (Lipinski definition) is 0. The van der Waals surface area contributed by atoms with E-state index in [-0.39, 0.29) is 24.5 Å². The molecule has 4 rings (SSSR count). The van der Waals surface area contributed by atoms with Crippen LogP contribution in [0.15, 0.2) is 57.5 Å². The molecule has 1 aromatic heterocycles. The molecule has 10 nitrogen and oxygen atoms in total. The number of aromatic nitrogens is 1. The Labute approximate surface area is 227 Å². The van der Waals surface area contributed by atoms with Gasteiger partial charge in [0.25, 0.3) is 11.2 Å². The van der Waals surface area contributed by atoms with Gasteiger partial charge in [-0.05, 0) is 50.6 Å². The highest BCUT2D eigenvalue weighted by molar-refractivity contribution is 7.07. The molecule has 0 bridgehead atoms. The van der Waals surface area contributed by atoms with E-state index >= 15 is 0 Å². The number of rotatable bonds is 8. The maximum absolute atomic E-state index is 13.9. The molecule has 0 saturated heterocycles. The third-order valence-corrected chi connectivity index (χ3v) is 7.06. The minimum Gasteiger partial charge on any atom is -0.497 e. The number of ether oxygens (including phenoxy) is 3. The fraction of sp³-hybridized carbons (Fsp3) is 0.250. The highest BCUT2D eigenvalue weighted by Crippen LogP contribution is 2.33. The van der Waals surface area contributed by atoms with E-state index in [0.717, 1.165) is 11.3 Å². The minimum atomic E-state index is -0.982. The summed E-state index contributed by atoms with van der Waals surface area (Å²) < 4.78 is 17.9. The highest BCUT2D eigenvalue weighted by Gasteiger charge is 2.34. The van der Waals surface area contributed by atoms with E-state index in [1.165, 1.54) is 17.7 Å². The smallest absolute Gasteiger partial charge is 0.338 e. The first kappa shape index (κ1) is 27.3. The number of esters is 1. The van der Waals surface area contributed by atoms with Gasteiger partial charge in [-0.15, -0.1) is 6.42 Å². The van der Waals surface area contributed by atoms with Crippen LogP contribution in [0.1, 0.15) is 36.6 Å². The fourth-order valence-corrected chi connectivity index (χ4v) is 5.30. The van der Waals surface area contributed by atoms with Crippen LogP contribution in [-0.2, 0) is 9.53 Å². The Morgan fingerprint density at radius 3 is 2.72 bits per heavy atom. The van der Waals surface area contributed by atoms with Crippen molar-refractivity contribution in [2.45, 2.75) is 26.8 Å². The molecule has 0 spiro atoms. The number of nitro groups is 1. The summed E-state index contributed by atoms with van der Waals surface area (Å²) in [5, 5.41) is 11.7. The zero-order valence-corrected chi connectivity index (χ0v) is 22.5. The van der Waals surface area contributed by atoms with Crippen molar-refractivity contribution in [2.75, 3.05) is 20.3 Å². The second kappa shape index (κ2) is 11.4. The zero-order valence-electron chi connectivity index (χ0n) is 21.7. The third kappa shape index (κ3) is 5.32. The van der Waals surface area contributed by atoms with Gasteiger partial charge in [-0.3, -0.25) is 19.5 Å². The van der Waals surface area contributed by atoms with Gasteiger partial charge in [0.2, 0.25) is 0 Å². The molecule has 0 aliphatic carbocycles. The van der Waals surface area contributed by atoms with Gasteiger partial charge in [0.05, 0.1) is 40.5 Å². The number of aryl methyl sites for hydroxylation is 1. The van der Waals surface area contributed by atoms with E-state index in [0.29, 0.717) is 43.2 Å². The van der Waals surface area contributed by atoms with E-state index in [2.05, 4.69) is 10.9 Å². The van der Waals surface area contributed by atoms with Crippen LogP contribution in [0.2, 0.25) is 0 Å². The van der Waals surface area contributed by atoms with Crippen molar-refractivity contribution in [2.24, 2.45) is 4.99 Å². The number of fused-ring (bicyclic) bond motifs is 1. The standard InChI is InChI=1S/C28H25N3O7S/c1-6-12-38-22-11-10-20(36-5)13-19(22)15-23-26(32)30-25(18-9-8-16(3)21(14-18)31(34)35)24(27(33)37-7-2)17(4)29-28(30)39-23/h1,8-11,13-15,25H,7,12H2,2-5H3. The van der Waals surface area contributed by atoms with E-state index in [1.54, 1.807) is 57.2 Å². The van der Waals surface area contributed by atoms with Crippen LogP contribution in [0.5, 0.6) is 11.5 Å². The maximum Gasteiger partial charge on any atom is 0.338 e. The maximum atomic E-state index is 13.9. The third-order valence-electron chi connectivity index (χ3n) is 6.08. The lowest BCUT2D eigenvalue weighted by molar-refractivity contribution is -0.385. The number of nitrogens with zero attached hydrogens (tertiary/aromatic N) is 3. The van der Waals surface area contributed by atoms with Gasteiger partial charge >= 0.3 is 5.97 Å².